The van der Waals surface area contributed by atoms with Gasteiger partial charge in [0.25, 0.3) is 0 Å². The monoisotopic (exact) mass is 897 g/mol. The lowest BCUT2D eigenvalue weighted by molar-refractivity contribution is -0.144. The fourth-order valence-corrected chi connectivity index (χ4v) is 10.7. The molecule has 8 rings (SSSR count). The number of rotatable bonds is 17. The number of carboxylic acid groups (broad SMARTS) is 1. The number of pyridine rings is 2. The van der Waals surface area contributed by atoms with Gasteiger partial charge < -0.3 is 30.5 Å². The van der Waals surface area contributed by atoms with Gasteiger partial charge >= 0.3 is 5.97 Å². The smallest absolute Gasteiger partial charge is 0.329 e. The fourth-order valence-electron chi connectivity index (χ4n) is 10.6. The molecule has 5 aromatic rings. The van der Waals surface area contributed by atoms with Crippen molar-refractivity contribution in [3.8, 4) is 22.6 Å². The van der Waals surface area contributed by atoms with Crippen LogP contribution in [0.4, 0.5) is 11.5 Å². The zero-order chi connectivity index (χ0) is 45.6. The van der Waals surface area contributed by atoms with Crippen molar-refractivity contribution in [1.82, 2.24) is 15.3 Å². The van der Waals surface area contributed by atoms with Crippen LogP contribution in [0.25, 0.3) is 11.1 Å². The molecule has 0 bridgehead atoms. The van der Waals surface area contributed by atoms with E-state index < -0.39 is 11.5 Å². The Morgan fingerprint density at radius 1 is 0.938 bits per heavy atom. The molecule has 3 aliphatic rings. The van der Waals surface area contributed by atoms with Crippen LogP contribution in [0.2, 0.25) is 5.02 Å². The summed E-state index contributed by atoms with van der Waals surface area (Å²) >= 11 is 6.32. The number of halogens is 1. The molecule has 0 radical (unpaired) electrons. The predicted octanol–water partition coefficient (Wildman–Crippen LogP) is 10.7. The van der Waals surface area contributed by atoms with Gasteiger partial charge in [0.2, 0.25) is 11.8 Å². The van der Waals surface area contributed by atoms with Crippen molar-refractivity contribution in [3.63, 3.8) is 0 Å². The number of anilines is 2. The zero-order valence-corrected chi connectivity index (χ0v) is 38.4. The highest BCUT2D eigenvalue weighted by molar-refractivity contribution is 6.30. The van der Waals surface area contributed by atoms with Gasteiger partial charge in [-0.15, -0.1) is 0 Å². The number of fused-ring (bicyclic) bond motifs is 3. The molecule has 11 nitrogen and oxygen atoms in total. The van der Waals surface area contributed by atoms with E-state index in [0.29, 0.717) is 86.6 Å². The molecule has 340 valence electrons. The topological polar surface area (TPSA) is 152 Å². The summed E-state index contributed by atoms with van der Waals surface area (Å²) < 4.78 is 13.0. The Balaban J connectivity index is 0.910. The summed E-state index contributed by atoms with van der Waals surface area (Å²) in [4.78, 5) is 46.4. The average Bonchev–Trinajstić information content (AvgIpc) is 3.58. The van der Waals surface area contributed by atoms with Gasteiger partial charge in [-0.25, -0.2) is 9.78 Å². The molecule has 0 unspecified atom stereocenters. The standard InChI is InChI=1S/C53H60ClN5O6/c1-34(33-65-47-19-24-55-46-13-4-8-35(2)50(46)47)26-41-28-39-15-17-44(30-45(39)52(41)20-22-53(23-21-52,51(62)63)59-43-12-6-11-42(54)29-43)64-25-7-14-49(61)57-31-37-9-5-10-38(27-37)40-16-18-48(56-32-40)58-36(3)60/h5-6,9-12,15-19,24,27,29-30,32,34-35,41,59H,4,7-8,13-14,20-23,25-26,28,31,33H2,1-3H3,(H,57,61)(H,62,63)(H,56,58,60)/t34-,35-,41+,52?,53?/m1/s1. The summed E-state index contributed by atoms with van der Waals surface area (Å²) in [6.45, 7) is 7.37. The van der Waals surface area contributed by atoms with E-state index in [9.17, 15) is 19.5 Å². The number of hydrogen-bond donors (Lipinski definition) is 4. The number of hydrogen-bond acceptors (Lipinski definition) is 8. The maximum absolute atomic E-state index is 13.1. The fraction of sp³-hybridized carbons (Fsp3) is 0.415. The lowest BCUT2D eigenvalue weighted by atomic mass is 9.59. The minimum atomic E-state index is -1.12. The second-order valence-electron chi connectivity index (χ2n) is 18.6. The number of nitrogens with zero attached hydrogens (tertiary/aromatic N) is 2. The molecule has 2 heterocycles. The average molecular weight is 899 g/mol. The third kappa shape index (κ3) is 10.6. The summed E-state index contributed by atoms with van der Waals surface area (Å²) in [5.41, 5.74) is 7.18. The Morgan fingerprint density at radius 3 is 2.54 bits per heavy atom. The van der Waals surface area contributed by atoms with E-state index in [2.05, 4.69) is 51.9 Å². The van der Waals surface area contributed by atoms with E-state index in [1.807, 2.05) is 60.8 Å². The molecule has 0 aliphatic heterocycles. The van der Waals surface area contributed by atoms with Gasteiger partial charge in [0.15, 0.2) is 0 Å². The minimum absolute atomic E-state index is 0.0528. The first-order valence-electron chi connectivity index (χ1n) is 23.1. The molecule has 4 N–H and O–H groups in total. The summed E-state index contributed by atoms with van der Waals surface area (Å²) in [5, 5.41) is 20.4. The summed E-state index contributed by atoms with van der Waals surface area (Å²) in [7, 11) is 0. The van der Waals surface area contributed by atoms with E-state index >= 15 is 0 Å². The maximum atomic E-state index is 13.1. The molecule has 1 saturated carbocycles. The lowest BCUT2D eigenvalue weighted by Gasteiger charge is -2.47. The van der Waals surface area contributed by atoms with Gasteiger partial charge in [-0.2, -0.15) is 0 Å². The Bertz CT molecular complexity index is 2500. The number of carboxylic acids is 1. The van der Waals surface area contributed by atoms with Gasteiger partial charge in [-0.3, -0.25) is 14.6 Å². The van der Waals surface area contributed by atoms with Crippen LogP contribution < -0.4 is 25.4 Å². The molecule has 12 heteroatoms. The molecule has 3 aliphatic carbocycles. The van der Waals surface area contributed by atoms with Crippen LogP contribution in [0.15, 0.2) is 97.3 Å². The quantitative estimate of drug-likeness (QED) is 0.0669. The lowest BCUT2D eigenvalue weighted by Crippen LogP contribution is -2.53. The second kappa shape index (κ2) is 20.1. The highest BCUT2D eigenvalue weighted by Gasteiger charge is 2.54. The van der Waals surface area contributed by atoms with Crippen molar-refractivity contribution < 1.29 is 29.0 Å². The number of aromatic nitrogens is 2. The molecular formula is C53H60ClN5O6. The van der Waals surface area contributed by atoms with Crippen molar-refractivity contribution in [2.45, 2.75) is 115 Å². The number of ether oxygens (including phenoxy) is 2. The van der Waals surface area contributed by atoms with E-state index in [4.69, 9.17) is 21.1 Å². The summed E-state index contributed by atoms with van der Waals surface area (Å²) in [6, 6.07) is 27.3. The van der Waals surface area contributed by atoms with E-state index in [0.717, 1.165) is 66.0 Å². The molecule has 1 fully saturated rings. The van der Waals surface area contributed by atoms with E-state index in [-0.39, 0.29) is 23.1 Å². The molecule has 1 spiro atoms. The highest BCUT2D eigenvalue weighted by atomic mass is 35.5. The predicted molar refractivity (Wildman–Crippen MR) is 255 cm³/mol. The van der Waals surface area contributed by atoms with Crippen LogP contribution in [0, 0.1) is 11.8 Å². The summed E-state index contributed by atoms with van der Waals surface area (Å²) in [6.07, 6.45) is 12.0. The van der Waals surface area contributed by atoms with Crippen LogP contribution in [0.3, 0.4) is 0 Å². The van der Waals surface area contributed by atoms with Gasteiger partial charge in [0.05, 0.1) is 13.2 Å². The van der Waals surface area contributed by atoms with Crippen molar-refractivity contribution in [1.29, 1.82) is 0 Å². The molecule has 65 heavy (non-hydrogen) atoms. The molecule has 2 aromatic heterocycles. The Morgan fingerprint density at radius 2 is 1.77 bits per heavy atom. The van der Waals surface area contributed by atoms with E-state index in [1.54, 1.807) is 24.4 Å². The summed E-state index contributed by atoms with van der Waals surface area (Å²) in [5.74, 6) is 2.14. The van der Waals surface area contributed by atoms with Crippen molar-refractivity contribution in [3.05, 3.63) is 130 Å². The first-order valence-corrected chi connectivity index (χ1v) is 23.5. The molecular weight excluding hydrogens is 838 g/mol. The van der Waals surface area contributed by atoms with Crippen molar-refractivity contribution in [2.24, 2.45) is 11.8 Å². The Hall–Kier alpha value is -5.94. The number of nitrogens with one attached hydrogen (secondary N) is 3. The number of carbonyl (C=O) groups is 3. The second-order valence-corrected chi connectivity index (χ2v) is 19.0. The molecule has 3 atom stereocenters. The van der Waals surface area contributed by atoms with E-state index in [1.165, 1.54) is 23.6 Å². The number of aliphatic carboxylic acids is 1. The SMILES string of the molecule is CC(=O)Nc1ccc(-c2cccc(CNC(=O)CCCOc3ccc4c(c3)C3(CCC(Nc5cccc(Cl)c5)(C(=O)O)CC3)[C@@H](C[C@@H](C)COc3ccnc5c3[C@H](C)CCC5)C4)c2)cn1. The molecule has 2 amide bonds. The van der Waals surface area contributed by atoms with Gasteiger partial charge in [0.1, 0.15) is 22.9 Å². The minimum Gasteiger partial charge on any atom is -0.494 e. The van der Waals surface area contributed by atoms with Crippen molar-refractivity contribution in [2.75, 3.05) is 23.8 Å². The van der Waals surface area contributed by atoms with Crippen LogP contribution in [-0.2, 0) is 39.2 Å². The van der Waals surface area contributed by atoms with Crippen LogP contribution in [-0.4, -0.2) is 51.6 Å². The van der Waals surface area contributed by atoms with Gasteiger partial charge in [0, 0.05) is 59.8 Å². The zero-order valence-electron chi connectivity index (χ0n) is 37.6. The van der Waals surface area contributed by atoms with Crippen LogP contribution in [0.5, 0.6) is 11.5 Å². The van der Waals surface area contributed by atoms with Gasteiger partial charge in [-0.1, -0.05) is 55.8 Å². The number of amides is 2. The molecule has 0 saturated heterocycles. The highest BCUT2D eigenvalue weighted by Crippen LogP contribution is 2.57. The third-order valence-corrected chi connectivity index (χ3v) is 14.1. The van der Waals surface area contributed by atoms with Gasteiger partial charge in [-0.05, 0) is 164 Å². The first kappa shape index (κ1) is 45.6. The number of benzene rings is 3. The van der Waals surface area contributed by atoms with Crippen LogP contribution >= 0.6 is 11.6 Å². The number of carbonyl (C=O) groups excluding carboxylic acids is 2. The Kier molecular flexibility index (Phi) is 14.1. The van der Waals surface area contributed by atoms with Crippen molar-refractivity contribution >= 4 is 40.9 Å². The molecule has 3 aromatic carbocycles. The number of aryl methyl sites for hydroxylation is 1. The maximum Gasteiger partial charge on any atom is 0.329 e. The Labute approximate surface area is 387 Å². The normalized spacial score (nSPS) is 21.4. The largest absolute Gasteiger partial charge is 0.494 e. The third-order valence-electron chi connectivity index (χ3n) is 13.9. The first-order chi connectivity index (χ1) is 31.4. The van der Waals surface area contributed by atoms with Crippen LogP contribution in [0.1, 0.15) is 112 Å².